The maximum atomic E-state index is 11.9. The second-order valence-corrected chi connectivity index (χ2v) is 4.95. The first-order chi connectivity index (χ1) is 9.36. The van der Waals surface area contributed by atoms with Gasteiger partial charge >= 0.3 is 0 Å². The van der Waals surface area contributed by atoms with Gasteiger partial charge in [-0.3, -0.25) is 14.9 Å². The number of carbonyl (C=O) groups is 1. The molecule has 0 heterocycles. The summed E-state index contributed by atoms with van der Waals surface area (Å²) in [6, 6.07) is 2.52. The van der Waals surface area contributed by atoms with Gasteiger partial charge in [0.05, 0.1) is 11.0 Å². The van der Waals surface area contributed by atoms with Gasteiger partial charge in [-0.1, -0.05) is 19.8 Å². The molecule has 3 N–H and O–H groups in total. The molecule has 0 saturated carbocycles. The highest BCUT2D eigenvalue weighted by Crippen LogP contribution is 2.26. The molecule has 0 fully saturated rings. The van der Waals surface area contributed by atoms with E-state index in [-0.39, 0.29) is 11.6 Å². The highest BCUT2D eigenvalue weighted by molar-refractivity contribution is 5.95. The molecule has 0 spiro atoms. The molecule has 1 aromatic carbocycles. The van der Waals surface area contributed by atoms with Crippen LogP contribution in [-0.4, -0.2) is 16.9 Å². The molecule has 0 aromatic heterocycles. The van der Waals surface area contributed by atoms with Gasteiger partial charge in [0, 0.05) is 17.3 Å². The Morgan fingerprint density at radius 1 is 1.40 bits per heavy atom. The fraction of sp³-hybridized carbons (Fsp3) is 0.500. The molecule has 1 amide bonds. The first-order valence-electron chi connectivity index (χ1n) is 6.68. The summed E-state index contributed by atoms with van der Waals surface area (Å²) in [6.45, 7) is 5.40. The second kappa shape index (κ2) is 7.00. The Labute approximate surface area is 118 Å². The Hall–Kier alpha value is -1.95. The number of nitrogens with zero attached hydrogens (tertiary/aromatic N) is 1. The van der Waals surface area contributed by atoms with Crippen molar-refractivity contribution in [3.05, 3.63) is 33.4 Å². The first-order valence-corrected chi connectivity index (χ1v) is 6.68. The van der Waals surface area contributed by atoms with Crippen molar-refractivity contribution < 1.29 is 9.72 Å². The van der Waals surface area contributed by atoms with Crippen LogP contribution < -0.4 is 11.1 Å². The van der Waals surface area contributed by atoms with Crippen molar-refractivity contribution >= 4 is 17.3 Å². The van der Waals surface area contributed by atoms with E-state index >= 15 is 0 Å². The van der Waals surface area contributed by atoms with Crippen LogP contribution >= 0.6 is 0 Å². The number of hydrogen-bond donors (Lipinski definition) is 2. The van der Waals surface area contributed by atoms with E-state index in [4.69, 9.17) is 5.73 Å². The molecule has 0 aliphatic heterocycles. The number of nitrogens with one attached hydrogen (secondary N) is 1. The van der Waals surface area contributed by atoms with E-state index in [9.17, 15) is 14.9 Å². The zero-order chi connectivity index (χ0) is 15.3. The molecule has 6 heteroatoms. The smallest absolute Gasteiger partial charge is 0.272 e. The Balaban J connectivity index is 2.85. The molecule has 1 aromatic rings. The molecule has 0 aliphatic rings. The SMILES string of the molecule is CCCC[C@H](N)C(=O)Nc1cc(C)c([N+](=O)[O-])cc1C. The molecule has 1 atom stereocenters. The Morgan fingerprint density at radius 2 is 2.05 bits per heavy atom. The van der Waals surface area contributed by atoms with Crippen molar-refractivity contribution in [2.75, 3.05) is 5.32 Å². The third-order valence-corrected chi connectivity index (χ3v) is 3.20. The lowest BCUT2D eigenvalue weighted by Crippen LogP contribution is -2.35. The first kappa shape index (κ1) is 16.1. The molecule has 0 saturated heterocycles. The number of unbranched alkanes of at least 4 members (excludes halogenated alkanes) is 1. The number of anilines is 1. The number of nitro benzene ring substituents is 1. The number of carbonyl (C=O) groups excluding carboxylic acids is 1. The minimum absolute atomic E-state index is 0.0516. The van der Waals surface area contributed by atoms with Crippen LogP contribution in [0.5, 0.6) is 0 Å². The monoisotopic (exact) mass is 279 g/mol. The molecular formula is C14H21N3O3. The molecular weight excluding hydrogens is 258 g/mol. The van der Waals surface area contributed by atoms with Crippen molar-refractivity contribution in [1.82, 2.24) is 0 Å². The fourth-order valence-corrected chi connectivity index (χ4v) is 1.91. The van der Waals surface area contributed by atoms with E-state index in [1.807, 2.05) is 6.92 Å². The molecule has 20 heavy (non-hydrogen) atoms. The standard InChI is InChI=1S/C14H21N3O3/c1-4-5-6-11(15)14(18)16-12-7-10(3)13(17(19)20)8-9(12)2/h7-8,11H,4-6,15H2,1-3H3,(H,16,18)/t11-/m0/s1. The van der Waals surface area contributed by atoms with Gasteiger partial charge in [-0.15, -0.1) is 0 Å². The Kier molecular flexibility index (Phi) is 5.64. The van der Waals surface area contributed by atoms with Gasteiger partial charge < -0.3 is 11.1 Å². The zero-order valence-corrected chi connectivity index (χ0v) is 12.1. The summed E-state index contributed by atoms with van der Waals surface area (Å²) < 4.78 is 0. The number of benzene rings is 1. The highest BCUT2D eigenvalue weighted by atomic mass is 16.6. The van der Waals surface area contributed by atoms with Crippen molar-refractivity contribution in [2.24, 2.45) is 5.73 Å². The van der Waals surface area contributed by atoms with Crippen LogP contribution in [0.25, 0.3) is 0 Å². The number of nitrogens with two attached hydrogens (primary N) is 1. The fourth-order valence-electron chi connectivity index (χ4n) is 1.91. The number of aryl methyl sites for hydroxylation is 2. The van der Waals surface area contributed by atoms with E-state index in [1.54, 1.807) is 19.9 Å². The summed E-state index contributed by atoms with van der Waals surface area (Å²) >= 11 is 0. The van der Waals surface area contributed by atoms with Crippen LogP contribution in [0.15, 0.2) is 12.1 Å². The van der Waals surface area contributed by atoms with E-state index in [0.717, 1.165) is 12.8 Å². The van der Waals surface area contributed by atoms with Crippen LogP contribution in [-0.2, 0) is 4.79 Å². The molecule has 6 nitrogen and oxygen atoms in total. The quantitative estimate of drug-likeness (QED) is 0.617. The lowest BCUT2D eigenvalue weighted by molar-refractivity contribution is -0.385. The van der Waals surface area contributed by atoms with Crippen molar-refractivity contribution in [1.29, 1.82) is 0 Å². The zero-order valence-electron chi connectivity index (χ0n) is 12.1. The lowest BCUT2D eigenvalue weighted by Gasteiger charge is -2.14. The maximum absolute atomic E-state index is 11.9. The number of nitro groups is 1. The van der Waals surface area contributed by atoms with Crippen LogP contribution in [0.3, 0.4) is 0 Å². The van der Waals surface area contributed by atoms with Gasteiger partial charge in [0.25, 0.3) is 5.69 Å². The maximum Gasteiger partial charge on any atom is 0.272 e. The molecule has 0 aliphatic carbocycles. The van der Waals surface area contributed by atoms with Gasteiger partial charge in [0.2, 0.25) is 5.91 Å². The topological polar surface area (TPSA) is 98.3 Å². The predicted octanol–water partition coefficient (Wildman–Crippen LogP) is 2.67. The average molecular weight is 279 g/mol. The highest BCUT2D eigenvalue weighted by Gasteiger charge is 2.17. The van der Waals surface area contributed by atoms with Gasteiger partial charge in [-0.2, -0.15) is 0 Å². The third kappa shape index (κ3) is 4.03. The molecule has 0 bridgehead atoms. The predicted molar refractivity (Wildman–Crippen MR) is 78.7 cm³/mol. The minimum atomic E-state index is -0.551. The summed E-state index contributed by atoms with van der Waals surface area (Å²) in [7, 11) is 0. The second-order valence-electron chi connectivity index (χ2n) is 4.95. The van der Waals surface area contributed by atoms with Gasteiger partial charge in [-0.25, -0.2) is 0 Å². The minimum Gasteiger partial charge on any atom is -0.324 e. The van der Waals surface area contributed by atoms with Crippen LogP contribution in [0.4, 0.5) is 11.4 Å². The Morgan fingerprint density at radius 3 is 2.60 bits per heavy atom. The van der Waals surface area contributed by atoms with Crippen LogP contribution in [0.2, 0.25) is 0 Å². The van der Waals surface area contributed by atoms with Crippen molar-refractivity contribution in [3.8, 4) is 0 Å². The summed E-state index contributed by atoms with van der Waals surface area (Å²) in [4.78, 5) is 22.3. The number of hydrogen-bond acceptors (Lipinski definition) is 4. The Bertz CT molecular complexity index is 515. The number of rotatable bonds is 6. The normalized spacial score (nSPS) is 12.0. The molecule has 110 valence electrons. The molecule has 0 radical (unpaired) electrons. The van der Waals surface area contributed by atoms with Gasteiger partial charge in [0.15, 0.2) is 0 Å². The lowest BCUT2D eigenvalue weighted by atomic mass is 10.1. The van der Waals surface area contributed by atoms with E-state index < -0.39 is 11.0 Å². The summed E-state index contributed by atoms with van der Waals surface area (Å²) in [5, 5.41) is 13.6. The summed E-state index contributed by atoms with van der Waals surface area (Å²) in [5.74, 6) is -0.255. The largest absolute Gasteiger partial charge is 0.324 e. The molecule has 0 unspecified atom stereocenters. The van der Waals surface area contributed by atoms with Crippen LogP contribution in [0.1, 0.15) is 37.3 Å². The summed E-state index contributed by atoms with van der Waals surface area (Å²) in [5.41, 5.74) is 7.59. The summed E-state index contributed by atoms with van der Waals surface area (Å²) in [6.07, 6.45) is 2.51. The van der Waals surface area contributed by atoms with Gasteiger partial charge in [0.1, 0.15) is 0 Å². The third-order valence-electron chi connectivity index (χ3n) is 3.20. The van der Waals surface area contributed by atoms with Crippen molar-refractivity contribution in [3.63, 3.8) is 0 Å². The van der Waals surface area contributed by atoms with E-state index in [1.165, 1.54) is 6.07 Å². The van der Waals surface area contributed by atoms with E-state index in [2.05, 4.69) is 5.32 Å². The van der Waals surface area contributed by atoms with Crippen LogP contribution in [0, 0.1) is 24.0 Å². The van der Waals surface area contributed by atoms with Crippen molar-refractivity contribution in [2.45, 2.75) is 46.1 Å². The average Bonchev–Trinajstić information content (AvgIpc) is 2.39. The number of amides is 1. The molecule has 1 rings (SSSR count). The van der Waals surface area contributed by atoms with E-state index in [0.29, 0.717) is 23.2 Å². The van der Waals surface area contributed by atoms with Gasteiger partial charge in [-0.05, 0) is 31.9 Å².